The molecule has 23 heavy (non-hydrogen) atoms. The van der Waals surface area contributed by atoms with Crippen LogP contribution < -0.4 is 14.8 Å². The van der Waals surface area contributed by atoms with Crippen LogP contribution in [0.5, 0.6) is 11.5 Å². The maximum absolute atomic E-state index is 11.7. The Balaban J connectivity index is 1.44. The molecular formula is C17H16N2O3S. The highest BCUT2D eigenvalue weighted by atomic mass is 32.1. The topological polar surface area (TPSA) is 60.5 Å². The Morgan fingerprint density at radius 1 is 1.39 bits per heavy atom. The van der Waals surface area contributed by atoms with Crippen molar-refractivity contribution in [2.45, 2.75) is 19.8 Å². The summed E-state index contributed by atoms with van der Waals surface area (Å²) in [6, 6.07) is 5.37. The van der Waals surface area contributed by atoms with Gasteiger partial charge in [0.1, 0.15) is 0 Å². The Morgan fingerprint density at radius 3 is 3.09 bits per heavy atom. The molecule has 0 saturated carbocycles. The van der Waals surface area contributed by atoms with Gasteiger partial charge in [-0.1, -0.05) is 5.92 Å². The number of thiazole rings is 1. The van der Waals surface area contributed by atoms with E-state index in [9.17, 15) is 4.79 Å². The molecule has 2 heterocycles. The van der Waals surface area contributed by atoms with Crippen molar-refractivity contribution < 1.29 is 14.3 Å². The Morgan fingerprint density at radius 2 is 2.26 bits per heavy atom. The van der Waals surface area contributed by atoms with Crippen molar-refractivity contribution >= 4 is 17.2 Å². The van der Waals surface area contributed by atoms with Gasteiger partial charge >= 0.3 is 0 Å². The van der Waals surface area contributed by atoms with Crippen LogP contribution in [0.4, 0.5) is 0 Å². The van der Waals surface area contributed by atoms with Gasteiger partial charge in [0.2, 0.25) is 6.79 Å². The molecule has 5 nitrogen and oxygen atoms in total. The smallest absolute Gasteiger partial charge is 0.296 e. The van der Waals surface area contributed by atoms with Crippen molar-refractivity contribution in [1.82, 2.24) is 10.3 Å². The lowest BCUT2D eigenvalue weighted by Crippen LogP contribution is -2.22. The first-order valence-corrected chi connectivity index (χ1v) is 8.19. The van der Waals surface area contributed by atoms with Crippen LogP contribution in [0.15, 0.2) is 23.6 Å². The molecule has 0 saturated heterocycles. The lowest BCUT2D eigenvalue weighted by Gasteiger charge is -1.99. The standard InChI is InChI=1S/C17H16N2O3S/c1-12-10-23-17(19-12)3-2-8-18-16(20)7-5-13-4-6-14-15(9-13)22-11-21-14/h4,6,9-10H,2-3,8,11H2,1H3,(H,18,20). The highest BCUT2D eigenvalue weighted by Gasteiger charge is 2.12. The quantitative estimate of drug-likeness (QED) is 0.691. The summed E-state index contributed by atoms with van der Waals surface area (Å²) in [5.74, 6) is 6.50. The van der Waals surface area contributed by atoms with Gasteiger partial charge in [0.15, 0.2) is 11.5 Å². The fraction of sp³-hybridized carbons (Fsp3) is 0.294. The molecule has 0 bridgehead atoms. The molecule has 0 unspecified atom stereocenters. The van der Waals surface area contributed by atoms with E-state index in [1.54, 1.807) is 29.5 Å². The Hall–Kier alpha value is -2.52. The first-order valence-electron chi connectivity index (χ1n) is 7.31. The van der Waals surface area contributed by atoms with Gasteiger partial charge in [-0.2, -0.15) is 0 Å². The molecule has 1 aliphatic heterocycles. The molecule has 0 aliphatic carbocycles. The molecule has 1 aromatic carbocycles. The summed E-state index contributed by atoms with van der Waals surface area (Å²) in [7, 11) is 0. The van der Waals surface area contributed by atoms with Gasteiger partial charge in [0, 0.05) is 35.5 Å². The van der Waals surface area contributed by atoms with Crippen molar-refractivity contribution in [2.24, 2.45) is 0 Å². The van der Waals surface area contributed by atoms with Gasteiger partial charge in [-0.3, -0.25) is 4.79 Å². The first kappa shape index (κ1) is 15.4. The van der Waals surface area contributed by atoms with Crippen molar-refractivity contribution in [3.63, 3.8) is 0 Å². The summed E-state index contributed by atoms with van der Waals surface area (Å²) in [6.45, 7) is 2.80. The fourth-order valence-electron chi connectivity index (χ4n) is 2.11. The number of aromatic nitrogens is 1. The largest absolute Gasteiger partial charge is 0.454 e. The number of nitrogens with one attached hydrogen (secondary N) is 1. The zero-order valence-electron chi connectivity index (χ0n) is 12.7. The summed E-state index contributed by atoms with van der Waals surface area (Å²) in [5, 5.41) is 5.92. The predicted octanol–water partition coefficient (Wildman–Crippen LogP) is 2.28. The summed E-state index contributed by atoms with van der Waals surface area (Å²) in [6.07, 6.45) is 1.72. The van der Waals surface area contributed by atoms with Crippen LogP contribution in [0, 0.1) is 18.8 Å². The first-order chi connectivity index (χ1) is 11.2. The lowest BCUT2D eigenvalue weighted by atomic mass is 10.2. The number of nitrogens with zero attached hydrogens (tertiary/aromatic N) is 1. The number of amides is 1. The third-order valence-electron chi connectivity index (χ3n) is 3.21. The number of hydrogen-bond acceptors (Lipinski definition) is 5. The van der Waals surface area contributed by atoms with Crippen molar-refractivity contribution in [3.05, 3.63) is 39.8 Å². The highest BCUT2D eigenvalue weighted by Crippen LogP contribution is 2.32. The van der Waals surface area contributed by atoms with E-state index in [0.717, 1.165) is 29.1 Å². The molecule has 0 radical (unpaired) electrons. The average Bonchev–Trinajstić information content (AvgIpc) is 3.17. The molecule has 6 heteroatoms. The molecule has 0 fully saturated rings. The minimum absolute atomic E-state index is 0.228. The van der Waals surface area contributed by atoms with E-state index in [-0.39, 0.29) is 12.7 Å². The predicted molar refractivity (Wildman–Crippen MR) is 87.6 cm³/mol. The number of carbonyl (C=O) groups is 1. The van der Waals surface area contributed by atoms with Gasteiger partial charge in [-0.15, -0.1) is 11.3 Å². The van der Waals surface area contributed by atoms with E-state index in [1.807, 2.05) is 12.3 Å². The highest BCUT2D eigenvalue weighted by molar-refractivity contribution is 7.09. The molecule has 1 aromatic heterocycles. The normalized spacial score (nSPS) is 11.7. The lowest BCUT2D eigenvalue weighted by molar-refractivity contribution is -0.115. The molecule has 2 aromatic rings. The van der Waals surface area contributed by atoms with E-state index >= 15 is 0 Å². The van der Waals surface area contributed by atoms with Crippen molar-refractivity contribution in [1.29, 1.82) is 0 Å². The molecule has 0 atom stereocenters. The Bertz CT molecular complexity index is 774. The second kappa shape index (κ2) is 7.16. The van der Waals surface area contributed by atoms with Crippen LogP contribution in [0.2, 0.25) is 0 Å². The fourth-order valence-corrected chi connectivity index (χ4v) is 2.92. The summed E-state index contributed by atoms with van der Waals surface area (Å²) in [4.78, 5) is 16.1. The molecular weight excluding hydrogens is 312 g/mol. The van der Waals surface area contributed by atoms with Gasteiger partial charge in [0.25, 0.3) is 5.91 Å². The zero-order chi connectivity index (χ0) is 16.1. The van der Waals surface area contributed by atoms with Crippen molar-refractivity contribution in [3.8, 4) is 23.3 Å². The Labute approximate surface area is 138 Å². The van der Waals surface area contributed by atoms with E-state index in [4.69, 9.17) is 9.47 Å². The van der Waals surface area contributed by atoms with Gasteiger partial charge in [-0.05, 0) is 31.5 Å². The number of ether oxygens (including phenoxy) is 2. The van der Waals surface area contributed by atoms with Crippen LogP contribution in [-0.2, 0) is 11.2 Å². The van der Waals surface area contributed by atoms with E-state index in [2.05, 4.69) is 22.1 Å². The number of rotatable bonds is 4. The van der Waals surface area contributed by atoms with Crippen LogP contribution in [0.25, 0.3) is 0 Å². The van der Waals surface area contributed by atoms with Crippen LogP contribution in [-0.4, -0.2) is 24.2 Å². The minimum atomic E-state index is -0.280. The van der Waals surface area contributed by atoms with Gasteiger partial charge in [-0.25, -0.2) is 4.98 Å². The third kappa shape index (κ3) is 4.24. The monoisotopic (exact) mass is 328 g/mol. The number of benzene rings is 1. The third-order valence-corrected chi connectivity index (χ3v) is 4.24. The van der Waals surface area contributed by atoms with E-state index in [0.29, 0.717) is 18.0 Å². The van der Waals surface area contributed by atoms with Crippen molar-refractivity contribution in [2.75, 3.05) is 13.3 Å². The number of fused-ring (bicyclic) bond motifs is 1. The van der Waals surface area contributed by atoms with E-state index in [1.165, 1.54) is 0 Å². The number of hydrogen-bond donors (Lipinski definition) is 1. The molecule has 1 N–H and O–H groups in total. The number of aryl methyl sites for hydroxylation is 2. The molecule has 118 valence electrons. The molecule has 0 spiro atoms. The average molecular weight is 328 g/mol. The maximum atomic E-state index is 11.7. The van der Waals surface area contributed by atoms with Gasteiger partial charge in [0.05, 0.1) is 5.01 Å². The SMILES string of the molecule is Cc1csc(CCCNC(=O)C#Cc2ccc3c(c2)OCO3)n1. The Kier molecular flexibility index (Phi) is 4.79. The summed E-state index contributed by atoms with van der Waals surface area (Å²) < 4.78 is 10.5. The molecule has 1 aliphatic rings. The zero-order valence-corrected chi connectivity index (χ0v) is 13.5. The summed E-state index contributed by atoms with van der Waals surface area (Å²) in [5.41, 5.74) is 1.77. The maximum Gasteiger partial charge on any atom is 0.296 e. The summed E-state index contributed by atoms with van der Waals surface area (Å²) >= 11 is 1.65. The van der Waals surface area contributed by atoms with E-state index < -0.39 is 0 Å². The molecule has 1 amide bonds. The van der Waals surface area contributed by atoms with Crippen LogP contribution in [0.3, 0.4) is 0 Å². The second-order valence-corrected chi connectivity index (χ2v) is 6.00. The second-order valence-electron chi connectivity index (χ2n) is 5.06. The minimum Gasteiger partial charge on any atom is -0.454 e. The van der Waals surface area contributed by atoms with Crippen LogP contribution >= 0.6 is 11.3 Å². The van der Waals surface area contributed by atoms with Crippen LogP contribution in [0.1, 0.15) is 22.7 Å². The molecule has 3 rings (SSSR count). The number of carbonyl (C=O) groups excluding carboxylic acids is 1. The van der Waals surface area contributed by atoms with Gasteiger partial charge < -0.3 is 14.8 Å².